The molecule has 0 saturated carbocycles. The Bertz CT molecular complexity index is 1170. The molecule has 0 radical (unpaired) electrons. The molecule has 0 atom stereocenters. The fourth-order valence-electron chi connectivity index (χ4n) is 2.90. The molecular formula is C21H28ClN3O3SSi. The van der Waals surface area contributed by atoms with Crippen LogP contribution in [0.3, 0.4) is 0 Å². The number of aryl methyl sites for hydroxylation is 1. The summed E-state index contributed by atoms with van der Waals surface area (Å²) in [6, 6.07) is 6.74. The largest absolute Gasteiger partial charge is 0.416 e. The first-order valence-electron chi connectivity index (χ1n) is 9.81. The van der Waals surface area contributed by atoms with Gasteiger partial charge in [0.2, 0.25) is 0 Å². The van der Waals surface area contributed by atoms with E-state index in [2.05, 4.69) is 43.8 Å². The number of fused-ring (bicyclic) bond motifs is 1. The van der Waals surface area contributed by atoms with Crippen molar-refractivity contribution in [3.8, 4) is 0 Å². The van der Waals surface area contributed by atoms with Gasteiger partial charge in [-0.05, 0) is 49.2 Å². The Labute approximate surface area is 184 Å². The van der Waals surface area contributed by atoms with E-state index >= 15 is 0 Å². The van der Waals surface area contributed by atoms with E-state index in [0.29, 0.717) is 18.4 Å². The Kier molecular flexibility index (Phi) is 6.17. The van der Waals surface area contributed by atoms with E-state index < -0.39 is 18.3 Å². The SMILES string of the molecule is Cc1ccc(S(=O)(=O)n2cc(CCO[Si](C)(C)C(C)(C)C)c3c(Cl)ncnc32)cc1. The molecule has 30 heavy (non-hydrogen) atoms. The minimum atomic E-state index is -3.82. The standard InChI is InChI=1S/C21H28ClN3O3SSi/c1-15-7-9-17(10-8-15)29(26,27)25-13-16(18-19(22)23-14-24-20(18)25)11-12-28-30(5,6)21(2,3)4/h7-10,13-14H,11-12H2,1-6H3. The van der Waals surface area contributed by atoms with Crippen molar-refractivity contribution in [1.29, 1.82) is 0 Å². The molecule has 0 aliphatic heterocycles. The van der Waals surface area contributed by atoms with Crippen LogP contribution in [0.5, 0.6) is 0 Å². The number of hydrogen-bond acceptors (Lipinski definition) is 5. The zero-order valence-electron chi connectivity index (χ0n) is 18.2. The summed E-state index contributed by atoms with van der Waals surface area (Å²) in [7, 11) is -5.74. The van der Waals surface area contributed by atoms with Gasteiger partial charge >= 0.3 is 0 Å². The molecule has 0 aliphatic rings. The molecular weight excluding hydrogens is 438 g/mol. The monoisotopic (exact) mass is 465 g/mol. The second kappa shape index (κ2) is 8.07. The van der Waals surface area contributed by atoms with Gasteiger partial charge in [0.1, 0.15) is 11.5 Å². The lowest BCUT2D eigenvalue weighted by atomic mass is 10.2. The summed E-state index contributed by atoms with van der Waals surface area (Å²) in [4.78, 5) is 8.48. The van der Waals surface area contributed by atoms with Gasteiger partial charge in [0.15, 0.2) is 14.0 Å². The molecule has 3 rings (SSSR count). The van der Waals surface area contributed by atoms with E-state index in [4.69, 9.17) is 16.0 Å². The highest BCUT2D eigenvalue weighted by atomic mass is 35.5. The molecule has 2 heterocycles. The van der Waals surface area contributed by atoms with Crippen molar-refractivity contribution in [1.82, 2.24) is 13.9 Å². The van der Waals surface area contributed by atoms with E-state index in [9.17, 15) is 8.42 Å². The summed E-state index contributed by atoms with van der Waals surface area (Å²) in [6.45, 7) is 13.3. The predicted octanol–water partition coefficient (Wildman–Crippen LogP) is 5.19. The maximum Gasteiger partial charge on any atom is 0.269 e. The molecule has 0 bridgehead atoms. The molecule has 1 aromatic carbocycles. The van der Waals surface area contributed by atoms with E-state index in [1.165, 1.54) is 10.3 Å². The Balaban J connectivity index is 2.01. The first-order chi connectivity index (χ1) is 13.8. The second-order valence-corrected chi connectivity index (χ2v) is 16.0. The average Bonchev–Trinajstić information content (AvgIpc) is 3.02. The number of benzene rings is 1. The number of hydrogen-bond donors (Lipinski definition) is 0. The second-order valence-electron chi connectivity index (χ2n) is 8.99. The zero-order valence-corrected chi connectivity index (χ0v) is 20.8. The van der Waals surface area contributed by atoms with Crippen LogP contribution in [0, 0.1) is 6.92 Å². The zero-order chi connectivity index (χ0) is 22.3. The van der Waals surface area contributed by atoms with E-state index in [0.717, 1.165) is 11.1 Å². The molecule has 0 spiro atoms. The normalized spacial score (nSPS) is 13.2. The Morgan fingerprint density at radius 2 is 1.77 bits per heavy atom. The van der Waals surface area contributed by atoms with Gasteiger partial charge in [-0.3, -0.25) is 0 Å². The molecule has 2 aromatic heterocycles. The van der Waals surface area contributed by atoms with Crippen molar-refractivity contribution >= 4 is 41.0 Å². The van der Waals surface area contributed by atoms with E-state index in [-0.39, 0.29) is 20.7 Å². The first kappa shape index (κ1) is 22.9. The summed E-state index contributed by atoms with van der Waals surface area (Å²) >= 11 is 6.34. The van der Waals surface area contributed by atoms with Crippen molar-refractivity contribution < 1.29 is 12.8 Å². The maximum atomic E-state index is 13.3. The van der Waals surface area contributed by atoms with Crippen LogP contribution in [0.2, 0.25) is 23.3 Å². The lowest BCUT2D eigenvalue weighted by molar-refractivity contribution is 0.292. The fraction of sp³-hybridized carbons (Fsp3) is 0.429. The van der Waals surface area contributed by atoms with Gasteiger partial charge in [-0.2, -0.15) is 0 Å². The van der Waals surface area contributed by atoms with Gasteiger partial charge in [0.05, 0.1) is 10.3 Å². The summed E-state index contributed by atoms with van der Waals surface area (Å²) in [5.74, 6) is 0. The fourth-order valence-corrected chi connectivity index (χ4v) is 5.53. The van der Waals surface area contributed by atoms with Crippen molar-refractivity contribution in [3.05, 3.63) is 53.1 Å². The summed E-state index contributed by atoms with van der Waals surface area (Å²) in [5, 5.41) is 0.880. The average molecular weight is 466 g/mol. The van der Waals surface area contributed by atoms with Crippen LogP contribution >= 0.6 is 11.6 Å². The quantitative estimate of drug-likeness (QED) is 0.369. The third-order valence-electron chi connectivity index (χ3n) is 5.80. The van der Waals surface area contributed by atoms with Crippen molar-refractivity contribution in [2.24, 2.45) is 0 Å². The smallest absolute Gasteiger partial charge is 0.269 e. The third kappa shape index (κ3) is 4.32. The number of rotatable bonds is 6. The Hall–Kier alpha value is -1.74. The maximum absolute atomic E-state index is 13.3. The first-order valence-corrected chi connectivity index (χ1v) is 14.5. The van der Waals surface area contributed by atoms with Gasteiger partial charge in [-0.1, -0.05) is 50.1 Å². The lowest BCUT2D eigenvalue weighted by Crippen LogP contribution is -2.41. The van der Waals surface area contributed by atoms with Gasteiger partial charge < -0.3 is 4.43 Å². The van der Waals surface area contributed by atoms with Crippen LogP contribution in [0.4, 0.5) is 0 Å². The van der Waals surface area contributed by atoms with Crippen molar-refractivity contribution in [2.75, 3.05) is 6.61 Å². The highest BCUT2D eigenvalue weighted by molar-refractivity contribution is 7.90. The molecule has 0 fully saturated rings. The minimum Gasteiger partial charge on any atom is -0.416 e. The van der Waals surface area contributed by atoms with Gasteiger partial charge in [-0.15, -0.1) is 0 Å². The number of halogens is 1. The lowest BCUT2D eigenvalue weighted by Gasteiger charge is -2.36. The highest BCUT2D eigenvalue weighted by Crippen LogP contribution is 2.37. The van der Waals surface area contributed by atoms with Crippen LogP contribution in [-0.4, -0.2) is 37.3 Å². The molecule has 0 saturated heterocycles. The van der Waals surface area contributed by atoms with Crippen LogP contribution in [0.15, 0.2) is 41.7 Å². The van der Waals surface area contributed by atoms with E-state index in [1.54, 1.807) is 30.5 Å². The van der Waals surface area contributed by atoms with Crippen LogP contribution < -0.4 is 0 Å². The third-order valence-corrected chi connectivity index (χ3v) is 12.3. The molecule has 162 valence electrons. The molecule has 3 aromatic rings. The van der Waals surface area contributed by atoms with Gasteiger partial charge in [0.25, 0.3) is 10.0 Å². The molecule has 0 unspecified atom stereocenters. The molecule has 0 aliphatic carbocycles. The van der Waals surface area contributed by atoms with Crippen LogP contribution in [0.25, 0.3) is 11.0 Å². The highest BCUT2D eigenvalue weighted by Gasteiger charge is 2.37. The van der Waals surface area contributed by atoms with Crippen molar-refractivity contribution in [2.45, 2.75) is 57.1 Å². The summed E-state index contributed by atoms with van der Waals surface area (Å²) in [6.07, 6.45) is 3.39. The molecule has 0 N–H and O–H groups in total. The van der Waals surface area contributed by atoms with Crippen LogP contribution in [0.1, 0.15) is 31.9 Å². The van der Waals surface area contributed by atoms with Crippen LogP contribution in [-0.2, 0) is 20.9 Å². The Morgan fingerprint density at radius 3 is 2.37 bits per heavy atom. The predicted molar refractivity (Wildman–Crippen MR) is 123 cm³/mol. The number of nitrogens with zero attached hydrogens (tertiary/aromatic N) is 3. The Morgan fingerprint density at radius 1 is 1.13 bits per heavy atom. The van der Waals surface area contributed by atoms with Crippen molar-refractivity contribution in [3.63, 3.8) is 0 Å². The molecule has 9 heteroatoms. The van der Waals surface area contributed by atoms with E-state index in [1.807, 2.05) is 6.92 Å². The number of aromatic nitrogens is 3. The summed E-state index contributed by atoms with van der Waals surface area (Å²) < 4.78 is 34.0. The van der Waals surface area contributed by atoms with Gasteiger partial charge in [0, 0.05) is 12.8 Å². The molecule has 0 amide bonds. The topological polar surface area (TPSA) is 74.1 Å². The molecule has 6 nitrogen and oxygen atoms in total. The minimum absolute atomic E-state index is 0.0938. The summed E-state index contributed by atoms with van der Waals surface area (Å²) in [5.41, 5.74) is 2.02. The van der Waals surface area contributed by atoms with Gasteiger partial charge in [-0.25, -0.2) is 22.4 Å².